The number of carboxylic acid groups (broad SMARTS) is 1. The summed E-state index contributed by atoms with van der Waals surface area (Å²) in [5.41, 5.74) is -0.0434. The number of aliphatic carboxylic acids is 1. The van der Waals surface area contributed by atoms with Crippen LogP contribution in [0.25, 0.3) is 0 Å². The molecule has 86 valence electrons. The molecule has 3 nitrogen and oxygen atoms in total. The van der Waals surface area contributed by atoms with Gasteiger partial charge in [0.15, 0.2) is 0 Å². The predicted molar refractivity (Wildman–Crippen MR) is 56.6 cm³/mol. The van der Waals surface area contributed by atoms with E-state index in [4.69, 9.17) is 4.74 Å². The minimum atomic E-state index is -0.639. The van der Waals surface area contributed by atoms with E-state index in [2.05, 4.69) is 0 Å². The molecule has 1 atom stereocenters. The zero-order valence-corrected chi connectivity index (χ0v) is 9.53. The highest BCUT2D eigenvalue weighted by atomic mass is 16.5. The van der Waals surface area contributed by atoms with Crippen LogP contribution in [0, 0.1) is 23.2 Å². The second-order valence-electron chi connectivity index (χ2n) is 5.41. The lowest BCUT2D eigenvalue weighted by Gasteiger charge is -2.54. The summed E-state index contributed by atoms with van der Waals surface area (Å²) < 4.78 is 5.31. The molecule has 1 aliphatic heterocycles. The smallest absolute Gasteiger partial charge is 0.307 e. The fourth-order valence-electron chi connectivity index (χ4n) is 3.19. The van der Waals surface area contributed by atoms with Crippen molar-refractivity contribution in [2.24, 2.45) is 23.2 Å². The van der Waals surface area contributed by atoms with Crippen molar-refractivity contribution >= 4 is 5.97 Å². The van der Waals surface area contributed by atoms with Crippen LogP contribution >= 0.6 is 0 Å². The molecule has 15 heavy (non-hydrogen) atoms. The van der Waals surface area contributed by atoms with E-state index >= 15 is 0 Å². The van der Waals surface area contributed by atoms with Gasteiger partial charge >= 0.3 is 5.97 Å². The highest BCUT2D eigenvalue weighted by Crippen LogP contribution is 2.53. The van der Waals surface area contributed by atoms with Crippen molar-refractivity contribution < 1.29 is 14.6 Å². The molecule has 0 amide bonds. The number of rotatable bonds is 4. The van der Waals surface area contributed by atoms with Gasteiger partial charge in [-0.05, 0) is 24.7 Å². The summed E-state index contributed by atoms with van der Waals surface area (Å²) in [7, 11) is 0. The first-order chi connectivity index (χ1) is 7.08. The van der Waals surface area contributed by atoms with Gasteiger partial charge in [0.1, 0.15) is 0 Å². The first kappa shape index (κ1) is 10.9. The average Bonchev–Trinajstić information content (AvgIpc) is 1.94. The molecule has 0 aromatic carbocycles. The van der Waals surface area contributed by atoms with Crippen LogP contribution < -0.4 is 0 Å². The second-order valence-corrected chi connectivity index (χ2v) is 5.41. The largest absolute Gasteiger partial charge is 0.481 e. The molecule has 1 saturated carbocycles. The van der Waals surface area contributed by atoms with E-state index in [9.17, 15) is 9.90 Å². The van der Waals surface area contributed by atoms with Gasteiger partial charge in [0.25, 0.3) is 0 Å². The van der Waals surface area contributed by atoms with Crippen LogP contribution in [0.4, 0.5) is 0 Å². The van der Waals surface area contributed by atoms with Gasteiger partial charge in [-0.25, -0.2) is 0 Å². The third-order valence-corrected chi connectivity index (χ3v) is 4.21. The Kier molecular flexibility index (Phi) is 2.75. The average molecular weight is 212 g/mol. The Hall–Kier alpha value is -0.570. The fourth-order valence-corrected chi connectivity index (χ4v) is 3.19. The van der Waals surface area contributed by atoms with Crippen molar-refractivity contribution in [3.05, 3.63) is 0 Å². The van der Waals surface area contributed by atoms with Crippen LogP contribution in [0.3, 0.4) is 0 Å². The van der Waals surface area contributed by atoms with E-state index in [0.717, 1.165) is 0 Å². The highest BCUT2D eigenvalue weighted by Gasteiger charge is 2.56. The summed E-state index contributed by atoms with van der Waals surface area (Å²) in [5, 5.41) is 9.36. The van der Waals surface area contributed by atoms with Crippen molar-refractivity contribution in [1.29, 1.82) is 0 Å². The van der Waals surface area contributed by atoms with Gasteiger partial charge in [0.05, 0.1) is 19.1 Å². The molecule has 0 radical (unpaired) electrons. The number of carboxylic acids is 1. The molecule has 1 unspecified atom stereocenters. The van der Waals surface area contributed by atoms with Gasteiger partial charge in [-0.2, -0.15) is 0 Å². The molecule has 1 saturated heterocycles. The minimum absolute atomic E-state index is 0.0434. The molecule has 0 aromatic rings. The topological polar surface area (TPSA) is 46.5 Å². The molecular formula is C12H20O3. The SMILES string of the molecule is CC(C)C(C(=O)O)C1(C2CCC2)COC1. The Morgan fingerprint density at radius 3 is 2.20 bits per heavy atom. The van der Waals surface area contributed by atoms with Gasteiger partial charge in [0.2, 0.25) is 0 Å². The van der Waals surface area contributed by atoms with Crippen LogP contribution in [0.5, 0.6) is 0 Å². The van der Waals surface area contributed by atoms with Crippen molar-refractivity contribution in [3.8, 4) is 0 Å². The molecule has 1 N–H and O–H groups in total. The molecule has 0 spiro atoms. The van der Waals surface area contributed by atoms with Crippen molar-refractivity contribution in [1.82, 2.24) is 0 Å². The summed E-state index contributed by atoms with van der Waals surface area (Å²) in [6, 6.07) is 0. The van der Waals surface area contributed by atoms with Crippen LogP contribution in [0.1, 0.15) is 33.1 Å². The zero-order chi connectivity index (χ0) is 11.1. The number of hydrogen-bond donors (Lipinski definition) is 1. The molecule has 3 heteroatoms. The van der Waals surface area contributed by atoms with Gasteiger partial charge in [-0.15, -0.1) is 0 Å². The zero-order valence-electron chi connectivity index (χ0n) is 9.53. The molecule has 1 heterocycles. The molecule has 0 bridgehead atoms. The Morgan fingerprint density at radius 1 is 1.40 bits per heavy atom. The second kappa shape index (κ2) is 3.78. The van der Waals surface area contributed by atoms with E-state index in [1.807, 2.05) is 13.8 Å². The molecule has 2 fully saturated rings. The number of carbonyl (C=O) groups is 1. The first-order valence-corrected chi connectivity index (χ1v) is 5.88. The van der Waals surface area contributed by atoms with E-state index in [1.54, 1.807) is 0 Å². The van der Waals surface area contributed by atoms with E-state index in [-0.39, 0.29) is 17.3 Å². The fraction of sp³-hybridized carbons (Fsp3) is 0.917. The maximum atomic E-state index is 11.4. The van der Waals surface area contributed by atoms with Crippen molar-refractivity contribution in [2.75, 3.05) is 13.2 Å². The summed E-state index contributed by atoms with van der Waals surface area (Å²) in [4.78, 5) is 11.4. The van der Waals surface area contributed by atoms with E-state index in [0.29, 0.717) is 19.1 Å². The van der Waals surface area contributed by atoms with Crippen LogP contribution in [0.2, 0.25) is 0 Å². The third kappa shape index (κ3) is 1.57. The summed E-state index contributed by atoms with van der Waals surface area (Å²) >= 11 is 0. The number of ether oxygens (including phenoxy) is 1. The summed E-state index contributed by atoms with van der Waals surface area (Å²) in [6.45, 7) is 5.34. The summed E-state index contributed by atoms with van der Waals surface area (Å²) in [5.74, 6) is -0.0708. The highest BCUT2D eigenvalue weighted by molar-refractivity contribution is 5.71. The Balaban J connectivity index is 2.18. The standard InChI is InChI=1S/C12H20O3/c1-8(2)10(11(13)14)12(6-15-7-12)9-4-3-5-9/h8-10H,3-7H2,1-2H3,(H,13,14). The van der Waals surface area contributed by atoms with Crippen LogP contribution in [0.15, 0.2) is 0 Å². The van der Waals surface area contributed by atoms with E-state index in [1.165, 1.54) is 19.3 Å². The molecular weight excluding hydrogens is 192 g/mol. The lowest BCUT2D eigenvalue weighted by Crippen LogP contribution is -2.58. The van der Waals surface area contributed by atoms with Gasteiger partial charge in [-0.1, -0.05) is 20.3 Å². The molecule has 1 aliphatic carbocycles. The van der Waals surface area contributed by atoms with Crippen LogP contribution in [-0.4, -0.2) is 24.3 Å². The lowest BCUT2D eigenvalue weighted by atomic mass is 9.56. The molecule has 2 aliphatic rings. The minimum Gasteiger partial charge on any atom is -0.481 e. The maximum absolute atomic E-state index is 11.4. The normalized spacial score (nSPS) is 26.9. The molecule has 2 rings (SSSR count). The van der Waals surface area contributed by atoms with Crippen LogP contribution in [-0.2, 0) is 9.53 Å². The number of hydrogen-bond acceptors (Lipinski definition) is 2. The van der Waals surface area contributed by atoms with E-state index < -0.39 is 5.97 Å². The van der Waals surface area contributed by atoms with Crippen molar-refractivity contribution in [3.63, 3.8) is 0 Å². The monoisotopic (exact) mass is 212 g/mol. The quantitative estimate of drug-likeness (QED) is 0.776. The third-order valence-electron chi connectivity index (χ3n) is 4.21. The Bertz CT molecular complexity index is 252. The Labute approximate surface area is 90.8 Å². The first-order valence-electron chi connectivity index (χ1n) is 5.88. The van der Waals surface area contributed by atoms with Crippen molar-refractivity contribution in [2.45, 2.75) is 33.1 Å². The molecule has 0 aromatic heterocycles. The Morgan fingerprint density at radius 2 is 2.00 bits per heavy atom. The van der Waals surface area contributed by atoms with Gasteiger partial charge < -0.3 is 9.84 Å². The maximum Gasteiger partial charge on any atom is 0.307 e. The van der Waals surface area contributed by atoms with Gasteiger partial charge in [-0.3, -0.25) is 4.79 Å². The predicted octanol–water partition coefficient (Wildman–Crippen LogP) is 2.16. The summed E-state index contributed by atoms with van der Waals surface area (Å²) in [6.07, 6.45) is 3.65. The van der Waals surface area contributed by atoms with Gasteiger partial charge in [0, 0.05) is 5.41 Å². The lowest BCUT2D eigenvalue weighted by molar-refractivity contribution is -0.211.